The maximum Gasteiger partial charge on any atom is 0.0334 e. The topological polar surface area (TPSA) is 29.3 Å². The summed E-state index contributed by atoms with van der Waals surface area (Å²) in [7, 11) is 0. The van der Waals surface area contributed by atoms with Gasteiger partial charge in [0.05, 0.1) is 0 Å². The van der Waals surface area contributed by atoms with Gasteiger partial charge in [0.25, 0.3) is 0 Å². The smallest absolute Gasteiger partial charge is 0.0334 e. The molecule has 0 aromatic heterocycles. The quantitative estimate of drug-likeness (QED) is 0.771. The maximum absolute atomic E-state index is 6.15. The summed E-state index contributed by atoms with van der Waals surface area (Å²) in [6.07, 6.45) is 7.94. The molecule has 0 saturated heterocycles. The van der Waals surface area contributed by atoms with Gasteiger partial charge in [0, 0.05) is 18.1 Å². The Morgan fingerprint density at radius 2 is 1.82 bits per heavy atom. The fourth-order valence-electron chi connectivity index (χ4n) is 3.57. The van der Waals surface area contributed by atoms with Gasteiger partial charge in [-0.1, -0.05) is 27.2 Å². The molecule has 102 valence electrons. The molecule has 1 saturated carbocycles. The van der Waals surface area contributed by atoms with Crippen LogP contribution >= 0.6 is 0 Å². The Balaban J connectivity index is 2.74. The molecule has 0 amide bonds. The zero-order chi connectivity index (χ0) is 12.9. The van der Waals surface area contributed by atoms with Crippen LogP contribution in [0.4, 0.5) is 0 Å². The molecule has 0 aromatic rings. The first-order chi connectivity index (χ1) is 8.13. The van der Waals surface area contributed by atoms with Gasteiger partial charge in [0.1, 0.15) is 0 Å². The van der Waals surface area contributed by atoms with E-state index in [0.29, 0.717) is 11.6 Å². The summed E-state index contributed by atoms with van der Waals surface area (Å²) in [4.78, 5) is 2.68. The Morgan fingerprint density at radius 3 is 2.18 bits per heavy atom. The Kier molecular flexibility index (Phi) is 5.94. The number of hydrogen-bond donors (Lipinski definition) is 1. The maximum atomic E-state index is 6.15. The molecule has 0 bridgehead atoms. The summed E-state index contributed by atoms with van der Waals surface area (Å²) in [5.41, 5.74) is 6.45. The van der Waals surface area contributed by atoms with Crippen molar-refractivity contribution >= 4 is 0 Å². The fraction of sp³-hybridized carbons (Fsp3) is 1.00. The highest BCUT2D eigenvalue weighted by molar-refractivity contribution is 4.97. The molecule has 2 N–H and O–H groups in total. The monoisotopic (exact) mass is 240 g/mol. The molecule has 1 aliphatic rings. The molecule has 1 fully saturated rings. The van der Waals surface area contributed by atoms with Crippen molar-refractivity contribution in [1.82, 2.24) is 4.90 Å². The van der Waals surface area contributed by atoms with E-state index in [4.69, 9.17) is 5.73 Å². The van der Waals surface area contributed by atoms with Gasteiger partial charge < -0.3 is 5.73 Å². The van der Waals surface area contributed by atoms with Crippen molar-refractivity contribution in [3.05, 3.63) is 0 Å². The van der Waals surface area contributed by atoms with Crippen molar-refractivity contribution in [1.29, 1.82) is 0 Å². The molecule has 0 heterocycles. The Bertz CT molecular complexity index is 207. The van der Waals surface area contributed by atoms with Crippen molar-refractivity contribution < 1.29 is 0 Å². The zero-order valence-electron chi connectivity index (χ0n) is 12.3. The van der Waals surface area contributed by atoms with E-state index in [-0.39, 0.29) is 0 Å². The lowest BCUT2D eigenvalue weighted by Crippen LogP contribution is -2.58. The Morgan fingerprint density at radius 1 is 1.24 bits per heavy atom. The third-order valence-corrected chi connectivity index (χ3v) is 5.07. The first kappa shape index (κ1) is 15.0. The number of hydrogen-bond acceptors (Lipinski definition) is 2. The van der Waals surface area contributed by atoms with Gasteiger partial charge in [0.2, 0.25) is 0 Å². The summed E-state index contributed by atoms with van der Waals surface area (Å²) in [5, 5.41) is 0. The van der Waals surface area contributed by atoms with Gasteiger partial charge in [-0.2, -0.15) is 0 Å². The Hall–Kier alpha value is -0.0800. The second-order valence-electron chi connectivity index (χ2n) is 5.82. The summed E-state index contributed by atoms with van der Waals surface area (Å²) in [6.45, 7) is 11.2. The molecular formula is C15H32N2. The van der Waals surface area contributed by atoms with Crippen LogP contribution in [0.5, 0.6) is 0 Å². The van der Waals surface area contributed by atoms with E-state index in [0.717, 1.165) is 19.0 Å². The summed E-state index contributed by atoms with van der Waals surface area (Å²) in [6, 6.07) is 0.668. The highest BCUT2D eigenvalue weighted by atomic mass is 15.2. The molecule has 17 heavy (non-hydrogen) atoms. The average molecular weight is 240 g/mol. The zero-order valence-corrected chi connectivity index (χ0v) is 12.3. The second kappa shape index (κ2) is 6.75. The van der Waals surface area contributed by atoms with Gasteiger partial charge in [-0.15, -0.1) is 0 Å². The van der Waals surface area contributed by atoms with E-state index in [1.807, 2.05) is 0 Å². The van der Waals surface area contributed by atoms with Crippen LogP contribution in [0.1, 0.15) is 66.2 Å². The summed E-state index contributed by atoms with van der Waals surface area (Å²) < 4.78 is 0. The van der Waals surface area contributed by atoms with Crippen molar-refractivity contribution in [3.63, 3.8) is 0 Å². The van der Waals surface area contributed by atoms with Crippen LogP contribution in [0.2, 0.25) is 0 Å². The predicted octanol–water partition coefficient (Wildman–Crippen LogP) is 3.40. The number of nitrogens with zero attached hydrogens (tertiary/aromatic N) is 1. The highest BCUT2D eigenvalue weighted by Gasteiger charge is 2.39. The molecular weight excluding hydrogens is 208 g/mol. The molecule has 1 rings (SSSR count). The molecule has 2 nitrogen and oxygen atoms in total. The van der Waals surface area contributed by atoms with Crippen LogP contribution in [0.15, 0.2) is 0 Å². The van der Waals surface area contributed by atoms with E-state index in [2.05, 4.69) is 32.6 Å². The molecule has 1 aliphatic carbocycles. The van der Waals surface area contributed by atoms with Gasteiger partial charge in [-0.05, 0) is 51.5 Å². The van der Waals surface area contributed by atoms with Gasteiger partial charge in [-0.3, -0.25) is 4.90 Å². The lowest BCUT2D eigenvalue weighted by Gasteiger charge is -2.50. The first-order valence-electron chi connectivity index (χ1n) is 7.60. The normalized spacial score (nSPS) is 31.8. The van der Waals surface area contributed by atoms with Crippen molar-refractivity contribution in [2.75, 3.05) is 13.1 Å². The lowest BCUT2D eigenvalue weighted by molar-refractivity contribution is 0.0152. The SMILES string of the molecule is CCC1CCC(CN)(N(CC)C(C)CC)CC1. The minimum Gasteiger partial charge on any atom is -0.329 e. The molecule has 0 aliphatic heterocycles. The molecule has 2 heteroatoms. The number of nitrogens with two attached hydrogens (primary N) is 1. The first-order valence-corrected chi connectivity index (χ1v) is 7.60. The van der Waals surface area contributed by atoms with Crippen LogP contribution in [-0.4, -0.2) is 29.6 Å². The van der Waals surface area contributed by atoms with Gasteiger partial charge in [-0.25, -0.2) is 0 Å². The minimum absolute atomic E-state index is 0.301. The molecule has 0 radical (unpaired) electrons. The van der Waals surface area contributed by atoms with Crippen LogP contribution in [0, 0.1) is 5.92 Å². The highest BCUT2D eigenvalue weighted by Crippen LogP contribution is 2.38. The van der Waals surface area contributed by atoms with Crippen molar-refractivity contribution in [3.8, 4) is 0 Å². The molecule has 0 aromatic carbocycles. The molecule has 1 unspecified atom stereocenters. The van der Waals surface area contributed by atoms with Gasteiger partial charge >= 0.3 is 0 Å². The van der Waals surface area contributed by atoms with Crippen LogP contribution in [0.3, 0.4) is 0 Å². The largest absolute Gasteiger partial charge is 0.329 e. The fourth-order valence-corrected chi connectivity index (χ4v) is 3.57. The Labute approximate surface area is 108 Å². The average Bonchev–Trinajstić information content (AvgIpc) is 2.39. The van der Waals surface area contributed by atoms with Crippen molar-refractivity contribution in [2.45, 2.75) is 77.8 Å². The summed E-state index contributed by atoms with van der Waals surface area (Å²) in [5.74, 6) is 0.949. The standard InChI is InChI=1S/C15H32N2/c1-5-13(4)17(7-3)15(12-16)10-8-14(6-2)9-11-15/h13-14H,5-12,16H2,1-4H3. The third kappa shape index (κ3) is 3.23. The van der Waals surface area contributed by atoms with Gasteiger partial charge in [0.15, 0.2) is 0 Å². The summed E-state index contributed by atoms with van der Waals surface area (Å²) >= 11 is 0. The van der Waals surface area contributed by atoms with Crippen molar-refractivity contribution in [2.24, 2.45) is 11.7 Å². The van der Waals surface area contributed by atoms with Crippen LogP contribution in [-0.2, 0) is 0 Å². The van der Waals surface area contributed by atoms with E-state index < -0.39 is 0 Å². The van der Waals surface area contributed by atoms with Crippen LogP contribution in [0.25, 0.3) is 0 Å². The number of rotatable bonds is 6. The minimum atomic E-state index is 0.301. The molecule has 0 spiro atoms. The van der Waals surface area contributed by atoms with E-state index in [1.165, 1.54) is 38.5 Å². The lowest BCUT2D eigenvalue weighted by atomic mass is 9.74. The van der Waals surface area contributed by atoms with Crippen LogP contribution < -0.4 is 5.73 Å². The predicted molar refractivity (Wildman–Crippen MR) is 76.2 cm³/mol. The van der Waals surface area contributed by atoms with E-state index in [9.17, 15) is 0 Å². The third-order valence-electron chi connectivity index (χ3n) is 5.07. The number of likely N-dealkylation sites (N-methyl/N-ethyl adjacent to an activating group) is 1. The molecule has 1 atom stereocenters. The van der Waals surface area contributed by atoms with E-state index in [1.54, 1.807) is 0 Å². The second-order valence-corrected chi connectivity index (χ2v) is 5.82. The van der Waals surface area contributed by atoms with E-state index >= 15 is 0 Å².